The quantitative estimate of drug-likeness (QED) is 0.343. The van der Waals surface area contributed by atoms with Crippen LogP contribution in [-0.4, -0.2) is 27.0 Å². The maximum atomic E-state index is 14.9. The van der Waals surface area contributed by atoms with Crippen LogP contribution in [0.2, 0.25) is 0 Å². The minimum Gasteiger partial charge on any atom is -0.479 e. The molecule has 2 aromatic carbocycles. The number of aromatic nitrogens is 1. The first-order chi connectivity index (χ1) is 16.2. The van der Waals surface area contributed by atoms with Crippen molar-refractivity contribution in [3.05, 3.63) is 95.1 Å². The number of benzene rings is 2. The molecule has 0 bridgehead atoms. The Kier molecular flexibility index (Phi) is 7.61. The number of aliphatic carboxylic acids is 1. The van der Waals surface area contributed by atoms with Gasteiger partial charge in [0.1, 0.15) is 11.6 Å². The standard InChI is InChI=1S/C26H23FN2O5/c1-26(2,25(31)32)34-16-20-9-3-7-18(23(20)27)10-5-13-29-14-6-12-22(29)24(30)19-8-4-11-21(15-19)33-17-28/h3-12,14-15H,13,16H2,1-2H3,(H,31,32)/b10-5+. The third kappa shape index (κ3) is 5.77. The minimum absolute atomic E-state index is 0.183. The van der Waals surface area contributed by atoms with Crippen LogP contribution in [0.25, 0.3) is 6.08 Å². The molecular formula is C26H23FN2O5. The van der Waals surface area contributed by atoms with Crippen LogP contribution in [0, 0.1) is 17.3 Å². The van der Waals surface area contributed by atoms with Gasteiger partial charge in [0.2, 0.25) is 5.78 Å². The van der Waals surface area contributed by atoms with E-state index in [0.29, 0.717) is 23.4 Å². The summed E-state index contributed by atoms with van der Waals surface area (Å²) in [6, 6.07) is 14.5. The summed E-state index contributed by atoms with van der Waals surface area (Å²) in [5, 5.41) is 17.8. The molecule has 0 unspecified atom stereocenters. The Hall–Kier alpha value is -4.22. The van der Waals surface area contributed by atoms with Crippen molar-refractivity contribution >= 4 is 17.8 Å². The zero-order chi connectivity index (χ0) is 24.7. The molecule has 0 radical (unpaired) electrons. The first-order valence-corrected chi connectivity index (χ1v) is 10.4. The van der Waals surface area contributed by atoms with Crippen LogP contribution in [0.3, 0.4) is 0 Å². The highest BCUT2D eigenvalue weighted by atomic mass is 19.1. The van der Waals surface area contributed by atoms with Crippen LogP contribution in [0.1, 0.15) is 41.0 Å². The monoisotopic (exact) mass is 462 g/mol. The molecule has 1 aromatic heterocycles. The zero-order valence-corrected chi connectivity index (χ0v) is 18.7. The molecule has 0 aliphatic carbocycles. The SMILES string of the molecule is CC(C)(OCc1cccc(/C=C/Cn2cccc2C(=O)c2cccc(OC#N)c2)c1F)C(=O)O. The molecule has 1 heterocycles. The van der Waals surface area contributed by atoms with Crippen molar-refractivity contribution in [2.45, 2.75) is 32.6 Å². The third-order valence-corrected chi connectivity index (χ3v) is 5.13. The smallest absolute Gasteiger partial charge is 0.335 e. The topological polar surface area (TPSA) is 102 Å². The summed E-state index contributed by atoms with van der Waals surface area (Å²) in [7, 11) is 0. The summed E-state index contributed by atoms with van der Waals surface area (Å²) in [5.74, 6) is -1.60. The lowest BCUT2D eigenvalue weighted by molar-refractivity contribution is -0.162. The second kappa shape index (κ2) is 10.6. The van der Waals surface area contributed by atoms with E-state index in [1.807, 2.05) is 0 Å². The van der Waals surface area contributed by atoms with E-state index in [0.717, 1.165) is 0 Å². The van der Waals surface area contributed by atoms with Gasteiger partial charge in [-0.05, 0) is 38.1 Å². The summed E-state index contributed by atoms with van der Waals surface area (Å²) >= 11 is 0. The number of halogens is 1. The number of ether oxygens (including phenoxy) is 2. The van der Waals surface area contributed by atoms with Gasteiger partial charge >= 0.3 is 5.97 Å². The molecule has 7 nitrogen and oxygen atoms in total. The highest BCUT2D eigenvalue weighted by Crippen LogP contribution is 2.20. The van der Waals surface area contributed by atoms with Crippen molar-refractivity contribution in [2.24, 2.45) is 0 Å². The van der Waals surface area contributed by atoms with Gasteiger partial charge in [0.25, 0.3) is 6.26 Å². The van der Waals surface area contributed by atoms with E-state index in [1.54, 1.807) is 71.6 Å². The number of carboxylic acid groups (broad SMARTS) is 1. The molecule has 0 saturated heterocycles. The molecule has 0 saturated carbocycles. The molecule has 0 atom stereocenters. The highest BCUT2D eigenvalue weighted by Gasteiger charge is 2.28. The summed E-state index contributed by atoms with van der Waals surface area (Å²) in [6.07, 6.45) is 6.63. The number of carbonyl (C=O) groups is 2. The number of ketones is 1. The van der Waals surface area contributed by atoms with Gasteiger partial charge in [0.05, 0.1) is 12.3 Å². The Bertz CT molecular complexity index is 1270. The van der Waals surface area contributed by atoms with Crippen molar-refractivity contribution < 1.29 is 28.6 Å². The summed E-state index contributed by atoms with van der Waals surface area (Å²) in [6.45, 7) is 2.94. The predicted molar refractivity (Wildman–Crippen MR) is 122 cm³/mol. The maximum Gasteiger partial charge on any atom is 0.335 e. The molecule has 0 fully saturated rings. The normalized spacial score (nSPS) is 11.4. The Labute approximate surface area is 196 Å². The van der Waals surface area contributed by atoms with E-state index in [1.165, 1.54) is 26.0 Å². The second-order valence-corrected chi connectivity index (χ2v) is 7.92. The van der Waals surface area contributed by atoms with Gasteiger partial charge in [0, 0.05) is 29.4 Å². The first-order valence-electron chi connectivity index (χ1n) is 10.4. The third-order valence-electron chi connectivity index (χ3n) is 5.13. The van der Waals surface area contributed by atoms with Crippen LogP contribution in [0.15, 0.2) is 66.9 Å². The summed E-state index contributed by atoms with van der Waals surface area (Å²) in [4.78, 5) is 24.1. The number of hydrogen-bond donors (Lipinski definition) is 1. The Balaban J connectivity index is 1.72. The van der Waals surface area contributed by atoms with E-state index >= 15 is 0 Å². The van der Waals surface area contributed by atoms with Gasteiger partial charge in [-0.1, -0.05) is 42.5 Å². The van der Waals surface area contributed by atoms with Crippen LogP contribution < -0.4 is 4.74 Å². The van der Waals surface area contributed by atoms with E-state index in [4.69, 9.17) is 19.8 Å². The van der Waals surface area contributed by atoms with E-state index in [-0.39, 0.29) is 23.7 Å². The van der Waals surface area contributed by atoms with Crippen LogP contribution in [0.5, 0.6) is 5.75 Å². The van der Waals surface area contributed by atoms with Crippen molar-refractivity contribution in [1.82, 2.24) is 4.57 Å². The summed E-state index contributed by atoms with van der Waals surface area (Å²) < 4.78 is 26.7. The number of nitriles is 1. The van der Waals surface area contributed by atoms with Gasteiger partial charge in [0.15, 0.2) is 5.60 Å². The summed E-state index contributed by atoms with van der Waals surface area (Å²) in [5.41, 5.74) is -0.0732. The first kappa shape index (κ1) is 24.4. The van der Waals surface area contributed by atoms with E-state index in [2.05, 4.69) is 0 Å². The minimum atomic E-state index is -1.43. The molecule has 3 rings (SSSR count). The van der Waals surface area contributed by atoms with Crippen LogP contribution >= 0.6 is 0 Å². The van der Waals surface area contributed by atoms with Crippen molar-refractivity contribution in [2.75, 3.05) is 0 Å². The largest absolute Gasteiger partial charge is 0.479 e. The highest BCUT2D eigenvalue weighted by molar-refractivity contribution is 6.08. The van der Waals surface area contributed by atoms with Gasteiger partial charge in [-0.15, -0.1) is 5.26 Å². The molecule has 174 valence electrons. The zero-order valence-electron chi connectivity index (χ0n) is 18.7. The molecule has 0 aliphatic heterocycles. The fraction of sp³-hybridized carbons (Fsp3) is 0.192. The van der Waals surface area contributed by atoms with Gasteiger partial charge in [-0.2, -0.15) is 0 Å². The molecule has 0 spiro atoms. The van der Waals surface area contributed by atoms with Gasteiger partial charge in [-0.25, -0.2) is 9.18 Å². The second-order valence-electron chi connectivity index (χ2n) is 7.92. The average molecular weight is 462 g/mol. The number of carbonyl (C=O) groups excluding carboxylic acids is 1. The molecule has 0 aliphatic rings. The number of hydrogen-bond acceptors (Lipinski definition) is 5. The lowest BCUT2D eigenvalue weighted by atomic mass is 10.1. The molecule has 3 aromatic rings. The fourth-order valence-corrected chi connectivity index (χ4v) is 3.13. The van der Waals surface area contributed by atoms with E-state index < -0.39 is 17.4 Å². The van der Waals surface area contributed by atoms with Crippen molar-refractivity contribution in [1.29, 1.82) is 5.26 Å². The Morgan fingerprint density at radius 3 is 2.68 bits per heavy atom. The number of nitrogens with zero attached hydrogens (tertiary/aromatic N) is 2. The van der Waals surface area contributed by atoms with Crippen molar-refractivity contribution in [3.8, 4) is 12.0 Å². The van der Waals surface area contributed by atoms with Crippen molar-refractivity contribution in [3.63, 3.8) is 0 Å². The number of allylic oxidation sites excluding steroid dienone is 1. The number of carboxylic acids is 1. The fourth-order valence-electron chi connectivity index (χ4n) is 3.13. The van der Waals surface area contributed by atoms with Gasteiger partial charge < -0.3 is 19.1 Å². The lowest BCUT2D eigenvalue weighted by Gasteiger charge is -2.20. The molecule has 0 amide bonds. The predicted octanol–water partition coefficient (Wildman–Crippen LogP) is 4.81. The Morgan fingerprint density at radius 2 is 1.94 bits per heavy atom. The average Bonchev–Trinajstić information content (AvgIpc) is 3.27. The van der Waals surface area contributed by atoms with Crippen LogP contribution in [-0.2, 0) is 22.7 Å². The molecule has 1 N–H and O–H groups in total. The number of rotatable bonds is 10. The maximum absolute atomic E-state index is 14.9. The molecule has 8 heteroatoms. The van der Waals surface area contributed by atoms with E-state index in [9.17, 15) is 14.0 Å². The molecular weight excluding hydrogens is 439 g/mol. The Morgan fingerprint density at radius 1 is 1.18 bits per heavy atom. The lowest BCUT2D eigenvalue weighted by Crippen LogP contribution is -2.34. The molecule has 34 heavy (non-hydrogen) atoms. The van der Waals surface area contributed by atoms with Gasteiger partial charge in [-0.3, -0.25) is 4.79 Å². The van der Waals surface area contributed by atoms with Crippen LogP contribution in [0.4, 0.5) is 4.39 Å².